The second kappa shape index (κ2) is 4.43. The molecule has 0 aliphatic rings. The molecule has 0 amide bonds. The summed E-state index contributed by atoms with van der Waals surface area (Å²) in [5.74, 6) is 0. The topological polar surface area (TPSA) is 56.2 Å². The lowest BCUT2D eigenvalue weighted by Crippen LogP contribution is -1.96. The van der Waals surface area contributed by atoms with Crippen LogP contribution in [-0.2, 0) is 6.54 Å². The van der Waals surface area contributed by atoms with E-state index in [0.29, 0.717) is 6.54 Å². The highest BCUT2D eigenvalue weighted by Gasteiger charge is 2.11. The molecule has 0 atom stereocenters. The van der Waals surface area contributed by atoms with Crippen molar-refractivity contribution in [3.8, 4) is 11.3 Å². The molecule has 0 saturated heterocycles. The van der Waals surface area contributed by atoms with E-state index in [-0.39, 0.29) is 0 Å². The molecule has 1 aromatic carbocycles. The summed E-state index contributed by atoms with van der Waals surface area (Å²) < 4.78 is 1.82. The first kappa shape index (κ1) is 12.3. The van der Waals surface area contributed by atoms with Gasteiger partial charge in [0.25, 0.3) is 0 Å². The molecular weight excluding hydrogens is 256 g/mol. The molecule has 5 heteroatoms. The molecule has 2 N–H and O–H groups in total. The number of rotatable bonds is 2. The van der Waals surface area contributed by atoms with Gasteiger partial charge in [-0.1, -0.05) is 17.4 Å². The molecule has 98 valence electrons. The maximum atomic E-state index is 5.59. The summed E-state index contributed by atoms with van der Waals surface area (Å²) in [6.45, 7) is 6.84. The summed E-state index contributed by atoms with van der Waals surface area (Å²) >= 11 is 1.54. The Morgan fingerprint density at radius 2 is 1.89 bits per heavy atom. The van der Waals surface area contributed by atoms with Crippen molar-refractivity contribution in [2.45, 2.75) is 27.3 Å². The second-order valence-corrected chi connectivity index (χ2v) is 5.85. The van der Waals surface area contributed by atoms with Gasteiger partial charge in [0.15, 0.2) is 0 Å². The summed E-state index contributed by atoms with van der Waals surface area (Å²) in [6.07, 6.45) is 1.97. The zero-order valence-electron chi connectivity index (χ0n) is 11.3. The van der Waals surface area contributed by atoms with E-state index in [1.807, 2.05) is 10.7 Å². The summed E-state index contributed by atoms with van der Waals surface area (Å²) in [5, 5.41) is 5.30. The Labute approximate surface area is 115 Å². The molecule has 3 aromatic rings. The van der Waals surface area contributed by atoms with Gasteiger partial charge in [0, 0.05) is 12.1 Å². The zero-order valence-corrected chi connectivity index (χ0v) is 12.1. The Bertz CT molecular complexity index is 723. The van der Waals surface area contributed by atoms with Crippen LogP contribution in [0.2, 0.25) is 0 Å². The maximum absolute atomic E-state index is 5.59. The molecule has 4 nitrogen and oxygen atoms in total. The van der Waals surface area contributed by atoms with Crippen LogP contribution < -0.4 is 5.73 Å². The lowest BCUT2D eigenvalue weighted by atomic mass is 9.99. The highest BCUT2D eigenvalue weighted by Crippen LogP contribution is 2.27. The van der Waals surface area contributed by atoms with Crippen molar-refractivity contribution in [2.24, 2.45) is 5.73 Å². The Morgan fingerprint density at radius 3 is 2.58 bits per heavy atom. The van der Waals surface area contributed by atoms with Crippen molar-refractivity contribution in [3.63, 3.8) is 0 Å². The van der Waals surface area contributed by atoms with Gasteiger partial charge in [0.1, 0.15) is 5.01 Å². The number of aryl methyl sites for hydroxylation is 3. The van der Waals surface area contributed by atoms with Gasteiger partial charge in [-0.3, -0.25) is 0 Å². The monoisotopic (exact) mass is 272 g/mol. The first-order chi connectivity index (χ1) is 9.08. The highest BCUT2D eigenvalue weighted by molar-refractivity contribution is 7.16. The molecule has 0 radical (unpaired) electrons. The molecule has 0 spiro atoms. The Balaban J connectivity index is 2.13. The molecule has 2 aromatic heterocycles. The van der Waals surface area contributed by atoms with E-state index in [4.69, 9.17) is 5.73 Å². The van der Waals surface area contributed by atoms with Crippen molar-refractivity contribution >= 4 is 16.3 Å². The number of aromatic nitrogens is 3. The lowest BCUT2D eigenvalue weighted by Gasteiger charge is -2.07. The fourth-order valence-electron chi connectivity index (χ4n) is 2.19. The van der Waals surface area contributed by atoms with Crippen LogP contribution in [0.4, 0.5) is 0 Å². The largest absolute Gasteiger partial charge is 0.324 e. The Hall–Kier alpha value is -1.72. The summed E-state index contributed by atoms with van der Waals surface area (Å²) in [4.78, 5) is 5.54. The molecule has 2 heterocycles. The number of nitrogens with two attached hydrogens (primary N) is 1. The average Bonchev–Trinajstić information content (AvgIpc) is 2.91. The Morgan fingerprint density at radius 1 is 1.16 bits per heavy atom. The van der Waals surface area contributed by atoms with E-state index < -0.39 is 0 Å². The van der Waals surface area contributed by atoms with Gasteiger partial charge in [-0.05, 0) is 43.5 Å². The van der Waals surface area contributed by atoms with Crippen LogP contribution in [0.3, 0.4) is 0 Å². The molecule has 0 saturated carbocycles. The number of benzene rings is 1. The molecule has 0 aliphatic carbocycles. The number of fused-ring (bicyclic) bond motifs is 1. The van der Waals surface area contributed by atoms with Crippen molar-refractivity contribution in [1.29, 1.82) is 0 Å². The predicted octanol–water partition coefficient (Wildman–Crippen LogP) is 2.84. The van der Waals surface area contributed by atoms with E-state index in [0.717, 1.165) is 15.7 Å². The average molecular weight is 272 g/mol. The number of hydrogen-bond acceptors (Lipinski definition) is 4. The van der Waals surface area contributed by atoms with Gasteiger partial charge in [-0.15, -0.1) is 0 Å². The molecular formula is C14H16N4S. The highest BCUT2D eigenvalue weighted by atomic mass is 32.1. The van der Waals surface area contributed by atoms with Gasteiger partial charge in [-0.2, -0.15) is 5.10 Å². The molecule has 0 aliphatic heterocycles. The minimum absolute atomic E-state index is 0.464. The smallest absolute Gasteiger partial charge is 0.212 e. The van der Waals surface area contributed by atoms with Crippen molar-refractivity contribution in [2.75, 3.05) is 0 Å². The summed E-state index contributed by atoms with van der Waals surface area (Å²) in [7, 11) is 0. The van der Waals surface area contributed by atoms with Crippen LogP contribution in [0.5, 0.6) is 0 Å². The van der Waals surface area contributed by atoms with Crippen LogP contribution >= 0.6 is 11.3 Å². The van der Waals surface area contributed by atoms with Gasteiger partial charge >= 0.3 is 0 Å². The van der Waals surface area contributed by atoms with Crippen molar-refractivity contribution < 1.29 is 0 Å². The predicted molar refractivity (Wildman–Crippen MR) is 78.4 cm³/mol. The van der Waals surface area contributed by atoms with Crippen LogP contribution in [0.15, 0.2) is 18.3 Å². The third-order valence-electron chi connectivity index (χ3n) is 3.38. The normalized spacial score (nSPS) is 11.4. The molecule has 0 unspecified atom stereocenters. The van der Waals surface area contributed by atoms with Crippen LogP contribution in [0, 0.1) is 20.8 Å². The van der Waals surface area contributed by atoms with Crippen molar-refractivity contribution in [1.82, 2.24) is 14.6 Å². The van der Waals surface area contributed by atoms with Crippen molar-refractivity contribution in [3.05, 3.63) is 40.0 Å². The third kappa shape index (κ3) is 2.05. The summed E-state index contributed by atoms with van der Waals surface area (Å²) in [6, 6.07) is 4.40. The Kier molecular flexibility index (Phi) is 2.88. The first-order valence-corrected chi connectivity index (χ1v) is 7.03. The van der Waals surface area contributed by atoms with E-state index in [1.165, 1.54) is 22.3 Å². The van der Waals surface area contributed by atoms with Crippen LogP contribution in [0.25, 0.3) is 16.2 Å². The standard InChI is InChI=1S/C14H16N4S/c1-8-4-10(3)11(5-9(8)2)12-7-18-14(16-12)19-13(6-15)17-18/h4-5,7H,6,15H2,1-3H3. The van der Waals surface area contributed by atoms with Gasteiger partial charge in [0.2, 0.25) is 4.96 Å². The van der Waals surface area contributed by atoms with E-state index >= 15 is 0 Å². The van der Waals surface area contributed by atoms with Crippen LogP contribution in [0.1, 0.15) is 21.7 Å². The van der Waals surface area contributed by atoms with E-state index in [1.54, 1.807) is 11.3 Å². The maximum Gasteiger partial charge on any atom is 0.212 e. The zero-order chi connectivity index (χ0) is 13.6. The number of hydrogen-bond donors (Lipinski definition) is 1. The molecule has 19 heavy (non-hydrogen) atoms. The van der Waals surface area contributed by atoms with E-state index in [2.05, 4.69) is 43.0 Å². The second-order valence-electron chi connectivity index (χ2n) is 4.80. The lowest BCUT2D eigenvalue weighted by molar-refractivity contribution is 0.897. The summed E-state index contributed by atoms with van der Waals surface area (Å²) in [5.41, 5.74) is 11.6. The minimum atomic E-state index is 0.464. The van der Waals surface area contributed by atoms with Gasteiger partial charge in [0.05, 0.1) is 11.9 Å². The SMILES string of the molecule is Cc1cc(C)c(-c2cn3nc(CN)sc3n2)cc1C. The van der Waals surface area contributed by atoms with Gasteiger partial charge in [-0.25, -0.2) is 9.50 Å². The number of nitrogens with zero attached hydrogens (tertiary/aromatic N) is 3. The quantitative estimate of drug-likeness (QED) is 0.780. The van der Waals surface area contributed by atoms with Gasteiger partial charge < -0.3 is 5.73 Å². The van der Waals surface area contributed by atoms with Crippen LogP contribution in [-0.4, -0.2) is 14.6 Å². The molecule has 0 bridgehead atoms. The molecule has 3 rings (SSSR count). The molecule has 0 fully saturated rings. The third-order valence-corrected chi connectivity index (χ3v) is 4.32. The van der Waals surface area contributed by atoms with E-state index in [9.17, 15) is 0 Å². The fraction of sp³-hybridized carbons (Fsp3) is 0.286. The first-order valence-electron chi connectivity index (χ1n) is 6.22. The minimum Gasteiger partial charge on any atom is -0.324 e. The number of imidazole rings is 1. The fourth-order valence-corrected chi connectivity index (χ4v) is 2.94.